The molecule has 0 aromatic heterocycles. The number of rotatable bonds is 6. The third-order valence-electron chi connectivity index (χ3n) is 3.42. The van der Waals surface area contributed by atoms with Gasteiger partial charge in [-0.1, -0.05) is 12.1 Å². The number of nitrogen functional groups attached to an aromatic ring is 1. The molecular weight excluding hydrogens is 248 g/mol. The molecule has 0 spiro atoms. The van der Waals surface area contributed by atoms with Gasteiger partial charge in [-0.2, -0.15) is 0 Å². The van der Waals surface area contributed by atoms with Crippen molar-refractivity contribution < 1.29 is 4.74 Å². The Morgan fingerprint density at radius 1 is 1.10 bits per heavy atom. The van der Waals surface area contributed by atoms with Gasteiger partial charge in [0.2, 0.25) is 0 Å². The molecule has 0 saturated heterocycles. The Balaban J connectivity index is 1.83. The van der Waals surface area contributed by atoms with Gasteiger partial charge >= 0.3 is 0 Å². The molecule has 0 aliphatic rings. The number of aryl methyl sites for hydroxylation is 1. The summed E-state index contributed by atoms with van der Waals surface area (Å²) >= 11 is 0. The molecule has 0 bridgehead atoms. The van der Waals surface area contributed by atoms with Crippen molar-refractivity contribution in [1.29, 1.82) is 0 Å². The summed E-state index contributed by atoms with van der Waals surface area (Å²) in [6, 6.07) is 16.3. The summed E-state index contributed by atoms with van der Waals surface area (Å²) in [6.45, 7) is 1.02. The molecule has 2 rings (SSSR count). The number of ether oxygens (including phenoxy) is 1. The van der Waals surface area contributed by atoms with Crippen molar-refractivity contribution in [3.63, 3.8) is 0 Å². The number of hydrogen-bond acceptors (Lipinski definition) is 3. The first kappa shape index (κ1) is 14.3. The number of hydrogen-bond donors (Lipinski definition) is 1. The van der Waals surface area contributed by atoms with Crippen LogP contribution in [-0.2, 0) is 6.42 Å². The second-order valence-electron chi connectivity index (χ2n) is 4.97. The Morgan fingerprint density at radius 3 is 2.50 bits per heavy atom. The zero-order valence-corrected chi connectivity index (χ0v) is 12.2. The van der Waals surface area contributed by atoms with Gasteiger partial charge in [-0.3, -0.25) is 0 Å². The van der Waals surface area contributed by atoms with E-state index in [1.807, 2.05) is 30.3 Å². The summed E-state index contributed by atoms with van der Waals surface area (Å²) in [5.74, 6) is 0.891. The Kier molecular flexibility index (Phi) is 4.88. The number of nitrogens with two attached hydrogens (primary N) is 1. The van der Waals surface area contributed by atoms with Crippen molar-refractivity contribution in [2.24, 2.45) is 0 Å². The van der Waals surface area contributed by atoms with Crippen molar-refractivity contribution >= 4 is 11.4 Å². The normalized spacial score (nSPS) is 10.3. The van der Waals surface area contributed by atoms with Crippen LogP contribution in [0.1, 0.15) is 12.0 Å². The summed E-state index contributed by atoms with van der Waals surface area (Å²) in [7, 11) is 3.80. The molecule has 0 atom stereocenters. The summed E-state index contributed by atoms with van der Waals surface area (Å²) in [4.78, 5) is 2.26. The topological polar surface area (TPSA) is 38.5 Å². The first-order chi connectivity index (χ1) is 9.69. The maximum Gasteiger partial charge on any atom is 0.119 e. The van der Waals surface area contributed by atoms with Crippen molar-refractivity contribution in [2.45, 2.75) is 12.8 Å². The van der Waals surface area contributed by atoms with Crippen LogP contribution in [0.3, 0.4) is 0 Å². The van der Waals surface area contributed by atoms with Crippen molar-refractivity contribution in [3.8, 4) is 5.75 Å². The summed E-state index contributed by atoms with van der Waals surface area (Å²) in [5, 5.41) is 0. The van der Waals surface area contributed by atoms with Gasteiger partial charge in [0.1, 0.15) is 5.75 Å². The van der Waals surface area contributed by atoms with Gasteiger partial charge in [-0.05, 0) is 54.8 Å². The molecule has 2 N–H and O–H groups in total. The Labute approximate surface area is 121 Å². The van der Waals surface area contributed by atoms with E-state index in [0.29, 0.717) is 0 Å². The minimum absolute atomic E-state index is 0.839. The number of methoxy groups -OCH3 is 1. The SMILES string of the molecule is COc1ccc(N(C)CCCc2cccc(N)c2)cc1. The van der Waals surface area contributed by atoms with Crippen LogP contribution in [0.2, 0.25) is 0 Å². The van der Waals surface area contributed by atoms with Gasteiger partial charge in [0.25, 0.3) is 0 Å². The van der Waals surface area contributed by atoms with E-state index in [1.165, 1.54) is 11.3 Å². The first-order valence-electron chi connectivity index (χ1n) is 6.88. The number of nitrogens with zero attached hydrogens (tertiary/aromatic N) is 1. The molecule has 0 aliphatic heterocycles. The maximum absolute atomic E-state index is 5.79. The van der Waals surface area contributed by atoms with E-state index >= 15 is 0 Å². The standard InChI is InChI=1S/C17H22N2O/c1-19(16-8-10-17(20-2)11-9-16)12-4-6-14-5-3-7-15(18)13-14/h3,5,7-11,13H,4,6,12,18H2,1-2H3. The molecule has 0 aliphatic carbocycles. The van der Waals surface area contributed by atoms with Gasteiger partial charge < -0.3 is 15.4 Å². The molecule has 0 fully saturated rings. The first-order valence-corrected chi connectivity index (χ1v) is 6.88. The van der Waals surface area contributed by atoms with Crippen LogP contribution < -0.4 is 15.4 Å². The summed E-state index contributed by atoms with van der Waals surface area (Å²) < 4.78 is 5.17. The number of benzene rings is 2. The lowest BCUT2D eigenvalue weighted by Gasteiger charge is -2.19. The fourth-order valence-electron chi connectivity index (χ4n) is 2.23. The third-order valence-corrected chi connectivity index (χ3v) is 3.42. The zero-order chi connectivity index (χ0) is 14.4. The predicted octanol–water partition coefficient (Wildman–Crippen LogP) is 3.35. The molecule has 3 heteroatoms. The monoisotopic (exact) mass is 270 g/mol. The van der Waals surface area contributed by atoms with Crippen molar-refractivity contribution in [2.75, 3.05) is 31.3 Å². The fraction of sp³-hybridized carbons (Fsp3) is 0.294. The van der Waals surface area contributed by atoms with Gasteiger partial charge in [0.05, 0.1) is 7.11 Å². The van der Waals surface area contributed by atoms with Crippen LogP contribution in [0.4, 0.5) is 11.4 Å². The Bertz CT molecular complexity index is 537. The lowest BCUT2D eigenvalue weighted by Crippen LogP contribution is -2.18. The minimum atomic E-state index is 0.839. The van der Waals surface area contributed by atoms with E-state index in [1.54, 1.807) is 7.11 Å². The second kappa shape index (κ2) is 6.85. The zero-order valence-electron chi connectivity index (χ0n) is 12.2. The van der Waals surface area contributed by atoms with Crippen LogP contribution in [-0.4, -0.2) is 20.7 Å². The molecule has 2 aromatic rings. The highest BCUT2D eigenvalue weighted by Gasteiger charge is 2.01. The van der Waals surface area contributed by atoms with Crippen molar-refractivity contribution in [1.82, 2.24) is 0 Å². The third kappa shape index (κ3) is 3.92. The molecular formula is C17H22N2O. The highest BCUT2D eigenvalue weighted by molar-refractivity contribution is 5.48. The maximum atomic E-state index is 5.79. The Morgan fingerprint density at radius 2 is 1.85 bits per heavy atom. The van der Waals surface area contributed by atoms with E-state index in [9.17, 15) is 0 Å². The van der Waals surface area contributed by atoms with Crippen LogP contribution in [0, 0.1) is 0 Å². The van der Waals surface area contributed by atoms with Crippen molar-refractivity contribution in [3.05, 3.63) is 54.1 Å². The van der Waals surface area contributed by atoms with E-state index in [2.05, 4.69) is 30.1 Å². The molecule has 20 heavy (non-hydrogen) atoms. The average molecular weight is 270 g/mol. The van der Waals surface area contributed by atoms with E-state index in [-0.39, 0.29) is 0 Å². The van der Waals surface area contributed by atoms with Gasteiger partial charge in [-0.15, -0.1) is 0 Å². The molecule has 0 amide bonds. The van der Waals surface area contributed by atoms with Gasteiger partial charge in [0.15, 0.2) is 0 Å². The average Bonchev–Trinajstić information content (AvgIpc) is 2.47. The lowest BCUT2D eigenvalue weighted by atomic mass is 10.1. The Hall–Kier alpha value is -2.16. The number of anilines is 2. The van der Waals surface area contributed by atoms with Crippen LogP contribution in [0.25, 0.3) is 0 Å². The molecule has 0 unspecified atom stereocenters. The molecule has 106 valence electrons. The predicted molar refractivity (Wildman–Crippen MR) is 85.4 cm³/mol. The molecule has 0 radical (unpaired) electrons. The summed E-state index contributed by atoms with van der Waals surface area (Å²) in [6.07, 6.45) is 2.15. The smallest absolute Gasteiger partial charge is 0.119 e. The minimum Gasteiger partial charge on any atom is -0.497 e. The van der Waals surface area contributed by atoms with E-state index < -0.39 is 0 Å². The second-order valence-corrected chi connectivity index (χ2v) is 4.97. The van der Waals surface area contributed by atoms with Crippen LogP contribution >= 0.6 is 0 Å². The van der Waals surface area contributed by atoms with E-state index in [0.717, 1.165) is 30.8 Å². The summed E-state index contributed by atoms with van der Waals surface area (Å²) in [5.41, 5.74) is 9.13. The van der Waals surface area contributed by atoms with E-state index in [4.69, 9.17) is 10.5 Å². The van der Waals surface area contributed by atoms with Crippen LogP contribution in [0.15, 0.2) is 48.5 Å². The molecule has 0 heterocycles. The fourth-order valence-corrected chi connectivity index (χ4v) is 2.23. The molecule has 2 aromatic carbocycles. The quantitative estimate of drug-likeness (QED) is 0.818. The van der Waals surface area contributed by atoms with Gasteiger partial charge in [-0.25, -0.2) is 0 Å². The van der Waals surface area contributed by atoms with Gasteiger partial charge in [0, 0.05) is 25.0 Å². The lowest BCUT2D eigenvalue weighted by molar-refractivity contribution is 0.415. The molecule has 3 nitrogen and oxygen atoms in total. The highest BCUT2D eigenvalue weighted by Crippen LogP contribution is 2.18. The molecule has 0 saturated carbocycles. The largest absolute Gasteiger partial charge is 0.497 e. The van der Waals surface area contributed by atoms with Crippen LogP contribution in [0.5, 0.6) is 5.75 Å². The highest BCUT2D eigenvalue weighted by atomic mass is 16.5.